The molecular weight excluding hydrogens is 418 g/mol. The van der Waals surface area contributed by atoms with Gasteiger partial charge in [0.25, 0.3) is 0 Å². The number of aliphatic hydroxyl groups excluding tert-OH is 1. The molecule has 1 heterocycles. The number of methoxy groups -OCH3 is 2. The number of rotatable bonds is 9. The van der Waals surface area contributed by atoms with Gasteiger partial charge in [-0.05, 0) is 54.7 Å². The largest absolute Gasteiger partial charge is 0.493 e. The van der Waals surface area contributed by atoms with Gasteiger partial charge in [-0.1, -0.05) is 38.0 Å². The predicted molar refractivity (Wildman–Crippen MR) is 127 cm³/mol. The van der Waals surface area contributed by atoms with Crippen LogP contribution in [0.5, 0.6) is 11.5 Å². The fraction of sp³-hybridized carbons (Fsp3) is 0.667. The van der Waals surface area contributed by atoms with Gasteiger partial charge in [0.1, 0.15) is 6.10 Å². The van der Waals surface area contributed by atoms with E-state index in [0.717, 1.165) is 18.5 Å². The Hall–Kier alpha value is -2.05. The molecule has 6 heteroatoms. The first-order valence-electron chi connectivity index (χ1n) is 12.4. The van der Waals surface area contributed by atoms with Gasteiger partial charge in [-0.15, -0.1) is 0 Å². The fourth-order valence-corrected chi connectivity index (χ4v) is 6.30. The number of carbonyl (C=O) groups is 1. The SMILES string of the molecule is COc1ccc(CN(CCCO)C[C@@H]2C(=O)O[C@@H]3C[C@]4(C)CCC[C@@H](C)C4=C[C@@H]23)cc1OC. The molecule has 33 heavy (non-hydrogen) atoms. The number of allylic oxidation sites excluding steroid dienone is 1. The van der Waals surface area contributed by atoms with Gasteiger partial charge in [-0.25, -0.2) is 0 Å². The normalized spacial score (nSPS) is 31.0. The van der Waals surface area contributed by atoms with Crippen LogP contribution in [0.1, 0.15) is 51.5 Å². The summed E-state index contributed by atoms with van der Waals surface area (Å²) < 4.78 is 16.8. The first kappa shape index (κ1) is 24.1. The van der Waals surface area contributed by atoms with Gasteiger partial charge in [0.2, 0.25) is 0 Å². The summed E-state index contributed by atoms with van der Waals surface area (Å²) >= 11 is 0. The third-order valence-corrected chi connectivity index (χ3v) is 8.02. The average Bonchev–Trinajstić information content (AvgIpc) is 3.09. The topological polar surface area (TPSA) is 68.2 Å². The van der Waals surface area contributed by atoms with Gasteiger partial charge < -0.3 is 19.3 Å². The molecule has 1 aromatic rings. The number of benzene rings is 1. The molecule has 2 fully saturated rings. The summed E-state index contributed by atoms with van der Waals surface area (Å²) in [6.45, 7) is 6.84. The molecule has 0 aromatic heterocycles. The van der Waals surface area contributed by atoms with E-state index in [-0.39, 0.29) is 35.9 Å². The van der Waals surface area contributed by atoms with E-state index in [4.69, 9.17) is 14.2 Å². The number of aliphatic hydroxyl groups is 1. The highest BCUT2D eigenvalue weighted by Gasteiger charge is 2.51. The molecule has 5 atom stereocenters. The van der Waals surface area contributed by atoms with Crippen LogP contribution in [-0.2, 0) is 16.1 Å². The van der Waals surface area contributed by atoms with Crippen LogP contribution in [0.3, 0.4) is 0 Å². The maximum Gasteiger partial charge on any atom is 0.311 e. The Morgan fingerprint density at radius 2 is 2.03 bits per heavy atom. The predicted octanol–water partition coefficient (Wildman–Crippen LogP) is 4.20. The minimum absolute atomic E-state index is 0.0117. The van der Waals surface area contributed by atoms with Crippen LogP contribution in [0, 0.1) is 23.2 Å². The number of hydrogen-bond donors (Lipinski definition) is 1. The first-order valence-corrected chi connectivity index (χ1v) is 12.4. The molecule has 1 N–H and O–H groups in total. The van der Waals surface area contributed by atoms with Crippen molar-refractivity contribution in [1.82, 2.24) is 4.90 Å². The van der Waals surface area contributed by atoms with E-state index in [0.29, 0.717) is 36.9 Å². The van der Waals surface area contributed by atoms with E-state index in [1.165, 1.54) is 19.3 Å². The molecule has 0 amide bonds. The zero-order valence-electron chi connectivity index (χ0n) is 20.5. The summed E-state index contributed by atoms with van der Waals surface area (Å²) in [6.07, 6.45) is 7.69. The van der Waals surface area contributed by atoms with Crippen LogP contribution in [-0.4, -0.2) is 56.0 Å². The van der Waals surface area contributed by atoms with E-state index in [1.807, 2.05) is 18.2 Å². The fourth-order valence-electron chi connectivity index (χ4n) is 6.30. The van der Waals surface area contributed by atoms with Crippen molar-refractivity contribution in [1.29, 1.82) is 0 Å². The zero-order chi connectivity index (χ0) is 23.6. The monoisotopic (exact) mass is 457 g/mol. The van der Waals surface area contributed by atoms with Crippen molar-refractivity contribution in [3.63, 3.8) is 0 Å². The maximum absolute atomic E-state index is 13.0. The van der Waals surface area contributed by atoms with E-state index < -0.39 is 0 Å². The van der Waals surface area contributed by atoms with Crippen molar-refractivity contribution in [2.45, 2.75) is 58.6 Å². The summed E-state index contributed by atoms with van der Waals surface area (Å²) in [4.78, 5) is 15.3. The van der Waals surface area contributed by atoms with E-state index in [9.17, 15) is 9.90 Å². The third-order valence-electron chi connectivity index (χ3n) is 8.02. The lowest BCUT2D eigenvalue weighted by Gasteiger charge is -2.46. The Morgan fingerprint density at radius 1 is 1.24 bits per heavy atom. The number of esters is 1. The van der Waals surface area contributed by atoms with Gasteiger partial charge in [-0.3, -0.25) is 9.69 Å². The summed E-state index contributed by atoms with van der Waals surface area (Å²) in [7, 11) is 3.26. The number of carbonyl (C=O) groups excluding carboxylic acids is 1. The Kier molecular flexibility index (Phi) is 7.34. The van der Waals surface area contributed by atoms with Crippen molar-refractivity contribution in [2.24, 2.45) is 23.2 Å². The number of hydrogen-bond acceptors (Lipinski definition) is 6. The first-order chi connectivity index (χ1) is 15.9. The second kappa shape index (κ2) is 10.1. The minimum atomic E-state index is -0.167. The lowest BCUT2D eigenvalue weighted by atomic mass is 9.59. The number of nitrogens with zero attached hydrogens (tertiary/aromatic N) is 1. The van der Waals surface area contributed by atoms with Crippen LogP contribution in [0.4, 0.5) is 0 Å². The van der Waals surface area contributed by atoms with Gasteiger partial charge in [-0.2, -0.15) is 0 Å². The van der Waals surface area contributed by atoms with Crippen molar-refractivity contribution in [2.75, 3.05) is 33.9 Å². The Bertz CT molecular complexity index is 883. The van der Waals surface area contributed by atoms with Crippen LogP contribution in [0.15, 0.2) is 29.8 Å². The number of ether oxygens (including phenoxy) is 3. The molecule has 6 nitrogen and oxygen atoms in total. The summed E-state index contributed by atoms with van der Waals surface area (Å²) in [5, 5.41) is 9.45. The maximum atomic E-state index is 13.0. The Labute approximate surface area is 197 Å². The third kappa shape index (κ3) is 4.92. The minimum Gasteiger partial charge on any atom is -0.493 e. The van der Waals surface area contributed by atoms with E-state index in [2.05, 4.69) is 24.8 Å². The summed E-state index contributed by atoms with van der Waals surface area (Å²) in [6, 6.07) is 5.92. The van der Waals surface area contributed by atoms with Gasteiger partial charge in [0, 0.05) is 32.2 Å². The van der Waals surface area contributed by atoms with Crippen molar-refractivity contribution < 1.29 is 24.1 Å². The lowest BCUT2D eigenvalue weighted by Crippen LogP contribution is -2.41. The highest BCUT2D eigenvalue weighted by Crippen LogP contribution is 2.54. The second-order valence-electron chi connectivity index (χ2n) is 10.3. The highest BCUT2D eigenvalue weighted by molar-refractivity contribution is 5.76. The van der Waals surface area contributed by atoms with Crippen LogP contribution >= 0.6 is 0 Å². The van der Waals surface area contributed by atoms with Crippen molar-refractivity contribution in [3.05, 3.63) is 35.4 Å². The molecule has 0 spiro atoms. The molecule has 2 aliphatic carbocycles. The average molecular weight is 458 g/mol. The standard InChI is InChI=1S/C27H39NO5/c1-18-7-5-10-27(2)15-25-20(14-22(18)27)21(26(30)33-25)17-28(11-6-12-29)16-19-8-9-23(31-3)24(13-19)32-4/h8-9,13-14,18,20-21,25,29H,5-7,10-12,15-17H2,1-4H3/t18-,20+,21+,25-,27+/m1/s1. The molecule has 3 aliphatic rings. The van der Waals surface area contributed by atoms with Gasteiger partial charge in [0.15, 0.2) is 11.5 Å². The molecular formula is C27H39NO5. The zero-order valence-corrected chi connectivity index (χ0v) is 20.5. The second-order valence-corrected chi connectivity index (χ2v) is 10.3. The molecule has 1 saturated carbocycles. The van der Waals surface area contributed by atoms with Gasteiger partial charge >= 0.3 is 5.97 Å². The van der Waals surface area contributed by atoms with Crippen molar-refractivity contribution >= 4 is 5.97 Å². The van der Waals surface area contributed by atoms with E-state index in [1.54, 1.807) is 19.8 Å². The molecule has 0 radical (unpaired) electrons. The molecule has 0 unspecified atom stereocenters. The number of fused-ring (bicyclic) bond motifs is 2. The van der Waals surface area contributed by atoms with Crippen LogP contribution < -0.4 is 9.47 Å². The van der Waals surface area contributed by atoms with Crippen LogP contribution in [0.25, 0.3) is 0 Å². The van der Waals surface area contributed by atoms with Crippen molar-refractivity contribution in [3.8, 4) is 11.5 Å². The molecule has 0 bridgehead atoms. The molecule has 1 saturated heterocycles. The van der Waals surface area contributed by atoms with Gasteiger partial charge in [0.05, 0.1) is 20.1 Å². The molecule has 182 valence electrons. The van der Waals surface area contributed by atoms with E-state index >= 15 is 0 Å². The Morgan fingerprint density at radius 3 is 2.76 bits per heavy atom. The molecule has 1 aromatic carbocycles. The lowest BCUT2D eigenvalue weighted by molar-refractivity contribution is -0.145. The molecule has 4 rings (SSSR count). The van der Waals surface area contributed by atoms with Crippen LogP contribution in [0.2, 0.25) is 0 Å². The Balaban J connectivity index is 1.54. The molecule has 1 aliphatic heterocycles. The smallest absolute Gasteiger partial charge is 0.311 e. The highest BCUT2D eigenvalue weighted by atomic mass is 16.6. The quantitative estimate of drug-likeness (QED) is 0.443. The summed E-state index contributed by atoms with van der Waals surface area (Å²) in [5.41, 5.74) is 2.80. The summed E-state index contributed by atoms with van der Waals surface area (Å²) in [5.74, 6) is 1.88.